The molecule has 6 nitrogen and oxygen atoms in total. The third-order valence-corrected chi connectivity index (χ3v) is 6.84. The molecule has 2 amide bonds. The van der Waals surface area contributed by atoms with Crippen molar-refractivity contribution in [1.82, 2.24) is 4.98 Å². The van der Waals surface area contributed by atoms with Crippen molar-refractivity contribution in [2.24, 2.45) is 0 Å². The van der Waals surface area contributed by atoms with Crippen molar-refractivity contribution in [3.63, 3.8) is 0 Å². The molecule has 1 aromatic heterocycles. The van der Waals surface area contributed by atoms with Gasteiger partial charge in [0.15, 0.2) is 0 Å². The summed E-state index contributed by atoms with van der Waals surface area (Å²) in [5, 5.41) is 0. The van der Waals surface area contributed by atoms with E-state index in [-0.39, 0.29) is 11.4 Å². The van der Waals surface area contributed by atoms with E-state index in [0.717, 1.165) is 27.2 Å². The molecule has 0 unspecified atom stereocenters. The lowest BCUT2D eigenvalue weighted by molar-refractivity contribution is 0.0600. The number of nitrogens with zero attached hydrogens (tertiary/aromatic N) is 2. The number of hydrogen-bond donors (Lipinski definition) is 0. The van der Waals surface area contributed by atoms with E-state index in [1.54, 1.807) is 24.3 Å². The van der Waals surface area contributed by atoms with Crippen LogP contribution >= 0.6 is 0 Å². The van der Waals surface area contributed by atoms with Crippen LogP contribution in [0.2, 0.25) is 0 Å². The van der Waals surface area contributed by atoms with Crippen LogP contribution in [0.5, 0.6) is 0 Å². The first-order valence-electron chi connectivity index (χ1n) is 13.1. The molecule has 0 saturated heterocycles. The molecule has 0 spiro atoms. The first kappa shape index (κ1) is 27.2. The van der Waals surface area contributed by atoms with Gasteiger partial charge in [-0.3, -0.25) is 9.59 Å². The number of methoxy groups -OCH3 is 1. The molecule has 0 fully saturated rings. The van der Waals surface area contributed by atoms with Crippen LogP contribution in [-0.2, 0) is 4.74 Å². The Hall–Kier alpha value is -5.36. The highest BCUT2D eigenvalue weighted by Gasteiger charge is 2.30. The summed E-state index contributed by atoms with van der Waals surface area (Å²) < 4.78 is 4.79. The van der Waals surface area contributed by atoms with Gasteiger partial charge in [0.25, 0.3) is 11.8 Å². The van der Waals surface area contributed by atoms with Crippen molar-refractivity contribution < 1.29 is 19.1 Å². The molecule has 5 aromatic rings. The average molecular weight is 541 g/mol. The van der Waals surface area contributed by atoms with Crippen LogP contribution < -0.4 is 4.90 Å². The zero-order valence-corrected chi connectivity index (χ0v) is 23.0. The van der Waals surface area contributed by atoms with Crippen LogP contribution in [0.15, 0.2) is 115 Å². The second kappa shape index (κ2) is 11.8. The van der Waals surface area contributed by atoms with Crippen LogP contribution in [0.25, 0.3) is 22.3 Å². The van der Waals surface area contributed by atoms with Gasteiger partial charge in [0.2, 0.25) is 0 Å². The highest BCUT2D eigenvalue weighted by molar-refractivity contribution is 6.27. The molecular formula is C35H28N2O4. The Labute approximate surface area is 238 Å². The quantitative estimate of drug-likeness (QED) is 0.167. The van der Waals surface area contributed by atoms with Crippen LogP contribution in [-0.4, -0.2) is 29.9 Å². The minimum Gasteiger partial charge on any atom is -0.465 e. The van der Waals surface area contributed by atoms with Gasteiger partial charge in [0, 0.05) is 17.3 Å². The molecule has 6 heteroatoms. The molecule has 0 saturated carbocycles. The van der Waals surface area contributed by atoms with Gasteiger partial charge in [-0.15, -0.1) is 0 Å². The first-order chi connectivity index (χ1) is 19.9. The summed E-state index contributed by atoms with van der Waals surface area (Å²) in [7, 11) is 1.28. The number of ether oxygens (including phenoxy) is 1. The normalized spacial score (nSPS) is 10.6. The SMILES string of the molecule is COC(=O)c1ccc(N(C(=O)c2ccccc2-c2ccc(C)cc2)C(=O)c2ccccc2-c2ccc(C)cc2)nc1. The molecule has 41 heavy (non-hydrogen) atoms. The predicted molar refractivity (Wildman–Crippen MR) is 160 cm³/mol. The largest absolute Gasteiger partial charge is 0.465 e. The lowest BCUT2D eigenvalue weighted by atomic mass is 9.96. The Kier molecular flexibility index (Phi) is 7.83. The van der Waals surface area contributed by atoms with E-state index in [9.17, 15) is 14.4 Å². The van der Waals surface area contributed by atoms with E-state index >= 15 is 0 Å². The van der Waals surface area contributed by atoms with E-state index in [1.807, 2.05) is 86.6 Å². The number of esters is 1. The van der Waals surface area contributed by atoms with E-state index in [2.05, 4.69) is 4.98 Å². The van der Waals surface area contributed by atoms with Crippen LogP contribution in [0.1, 0.15) is 42.2 Å². The topological polar surface area (TPSA) is 76.6 Å². The second-order valence-corrected chi connectivity index (χ2v) is 9.67. The summed E-state index contributed by atoms with van der Waals surface area (Å²) in [5.74, 6) is -1.56. The Balaban J connectivity index is 1.65. The third kappa shape index (κ3) is 5.68. The standard InChI is InChI=1S/C35H28N2O4/c1-23-12-16-25(17-13-23)28-8-4-6-10-30(28)33(38)37(32-21-20-27(22-36-32)35(40)41-3)34(39)31-11-7-5-9-29(31)26-18-14-24(2)15-19-26/h4-22H,1-3H3. The number of rotatable bonds is 6. The Morgan fingerprint density at radius 3 is 1.49 bits per heavy atom. The fourth-order valence-electron chi connectivity index (χ4n) is 4.61. The van der Waals surface area contributed by atoms with Gasteiger partial charge in [-0.25, -0.2) is 14.7 Å². The molecule has 4 aromatic carbocycles. The number of hydrogen-bond acceptors (Lipinski definition) is 5. The molecule has 0 N–H and O–H groups in total. The Morgan fingerprint density at radius 2 is 1.07 bits per heavy atom. The molecule has 0 bridgehead atoms. The van der Waals surface area contributed by atoms with Gasteiger partial charge >= 0.3 is 5.97 Å². The molecular weight excluding hydrogens is 512 g/mol. The highest BCUT2D eigenvalue weighted by Crippen LogP contribution is 2.30. The summed E-state index contributed by atoms with van der Waals surface area (Å²) in [6, 6.07) is 33.0. The van der Waals surface area contributed by atoms with Gasteiger partial charge in [0.1, 0.15) is 5.82 Å². The minimum atomic E-state index is -0.567. The van der Waals surface area contributed by atoms with Crippen molar-refractivity contribution in [2.45, 2.75) is 13.8 Å². The van der Waals surface area contributed by atoms with E-state index < -0.39 is 17.8 Å². The number of amides is 2. The first-order valence-corrected chi connectivity index (χ1v) is 13.1. The third-order valence-electron chi connectivity index (χ3n) is 6.84. The summed E-state index contributed by atoms with van der Waals surface area (Å²) >= 11 is 0. The summed E-state index contributed by atoms with van der Waals surface area (Å²) in [6.07, 6.45) is 1.30. The summed E-state index contributed by atoms with van der Waals surface area (Å²) in [4.78, 5) is 46.2. The zero-order chi connectivity index (χ0) is 28.9. The maximum atomic E-state index is 14.4. The van der Waals surface area contributed by atoms with Gasteiger partial charge < -0.3 is 4.74 Å². The second-order valence-electron chi connectivity index (χ2n) is 9.67. The van der Waals surface area contributed by atoms with Crippen LogP contribution in [0.3, 0.4) is 0 Å². The number of imide groups is 1. The molecule has 0 radical (unpaired) electrons. The van der Waals surface area contributed by atoms with Gasteiger partial charge in [-0.05, 0) is 60.4 Å². The van der Waals surface area contributed by atoms with Crippen molar-refractivity contribution in [2.75, 3.05) is 12.0 Å². The van der Waals surface area contributed by atoms with Crippen molar-refractivity contribution in [1.29, 1.82) is 0 Å². The smallest absolute Gasteiger partial charge is 0.339 e. The molecule has 5 rings (SSSR count). The average Bonchev–Trinajstić information content (AvgIpc) is 3.02. The van der Waals surface area contributed by atoms with E-state index in [0.29, 0.717) is 22.3 Å². The lowest BCUT2D eigenvalue weighted by Crippen LogP contribution is -2.38. The fourth-order valence-corrected chi connectivity index (χ4v) is 4.61. The molecule has 202 valence electrons. The Bertz CT molecular complexity index is 1620. The maximum absolute atomic E-state index is 14.4. The fraction of sp³-hybridized carbons (Fsp3) is 0.0857. The van der Waals surface area contributed by atoms with E-state index in [1.165, 1.54) is 25.4 Å². The lowest BCUT2D eigenvalue weighted by Gasteiger charge is -2.23. The number of carbonyl (C=O) groups is 3. The number of anilines is 1. The molecule has 0 atom stereocenters. The molecule has 0 aliphatic carbocycles. The van der Waals surface area contributed by atoms with Crippen molar-refractivity contribution in [3.8, 4) is 22.3 Å². The van der Waals surface area contributed by atoms with Crippen molar-refractivity contribution in [3.05, 3.63) is 143 Å². The molecule has 1 heterocycles. The summed E-state index contributed by atoms with van der Waals surface area (Å²) in [5.41, 5.74) is 6.15. The number of pyridine rings is 1. The van der Waals surface area contributed by atoms with Crippen molar-refractivity contribution >= 4 is 23.6 Å². The number of aryl methyl sites for hydroxylation is 2. The van der Waals surface area contributed by atoms with E-state index in [4.69, 9.17) is 4.74 Å². The van der Waals surface area contributed by atoms with Gasteiger partial charge in [-0.1, -0.05) is 96.1 Å². The number of benzene rings is 4. The maximum Gasteiger partial charge on any atom is 0.339 e. The molecule has 0 aliphatic rings. The number of aromatic nitrogens is 1. The highest BCUT2D eigenvalue weighted by atomic mass is 16.5. The predicted octanol–water partition coefficient (Wildman–Crippen LogP) is 7.31. The zero-order valence-electron chi connectivity index (χ0n) is 23.0. The van der Waals surface area contributed by atoms with Gasteiger partial charge in [0.05, 0.1) is 12.7 Å². The van der Waals surface area contributed by atoms with Crippen LogP contribution in [0, 0.1) is 13.8 Å². The van der Waals surface area contributed by atoms with Crippen LogP contribution in [0.4, 0.5) is 5.82 Å². The number of carbonyl (C=O) groups excluding carboxylic acids is 3. The van der Waals surface area contributed by atoms with Gasteiger partial charge in [-0.2, -0.15) is 0 Å². The molecule has 0 aliphatic heterocycles. The minimum absolute atomic E-state index is 0.0880. The summed E-state index contributed by atoms with van der Waals surface area (Å²) in [6.45, 7) is 3.99. The monoisotopic (exact) mass is 540 g/mol. The Morgan fingerprint density at radius 1 is 0.610 bits per heavy atom.